The van der Waals surface area contributed by atoms with Gasteiger partial charge in [0.2, 0.25) is 5.88 Å². The molecule has 8 heteroatoms. The van der Waals surface area contributed by atoms with Gasteiger partial charge in [-0.25, -0.2) is 9.07 Å². The van der Waals surface area contributed by atoms with Gasteiger partial charge in [-0.3, -0.25) is 9.59 Å². The molecule has 1 fully saturated rings. The lowest BCUT2D eigenvalue weighted by Crippen LogP contribution is -2.23. The number of benzene rings is 1. The number of carbonyl (C=O) groups excluding carboxylic acids is 1. The minimum atomic E-state index is -1.03. The summed E-state index contributed by atoms with van der Waals surface area (Å²) >= 11 is 5.91. The molecule has 0 bridgehead atoms. The lowest BCUT2D eigenvalue weighted by atomic mass is 9.78. The van der Waals surface area contributed by atoms with E-state index in [1.165, 1.54) is 35.4 Å². The molecule has 1 heterocycles. The molecule has 0 amide bonds. The molecule has 30 heavy (non-hydrogen) atoms. The largest absolute Gasteiger partial charge is 0.481 e. The zero-order chi connectivity index (χ0) is 21.7. The number of halogens is 2. The van der Waals surface area contributed by atoms with Crippen LogP contribution in [0.25, 0.3) is 0 Å². The highest BCUT2D eigenvalue weighted by atomic mass is 35.5. The maximum atomic E-state index is 14.0. The van der Waals surface area contributed by atoms with Crippen LogP contribution in [0.2, 0.25) is 5.02 Å². The van der Waals surface area contributed by atoms with Crippen LogP contribution in [0.3, 0.4) is 0 Å². The molecule has 6 nitrogen and oxygen atoms in total. The van der Waals surface area contributed by atoms with Crippen molar-refractivity contribution in [2.45, 2.75) is 58.6 Å². The van der Waals surface area contributed by atoms with Crippen LogP contribution in [0.15, 0.2) is 24.3 Å². The Morgan fingerprint density at radius 2 is 2.07 bits per heavy atom. The summed E-state index contributed by atoms with van der Waals surface area (Å²) in [6.45, 7) is 2.07. The van der Waals surface area contributed by atoms with E-state index in [0.29, 0.717) is 23.3 Å². The molecule has 1 N–H and O–H groups in total. The number of hydrogen-bond acceptors (Lipinski definition) is 4. The van der Waals surface area contributed by atoms with Crippen LogP contribution in [0, 0.1) is 17.7 Å². The number of carboxylic acids is 1. The normalized spacial score (nSPS) is 18.9. The van der Waals surface area contributed by atoms with E-state index in [2.05, 4.69) is 12.0 Å². The Kier molecular flexibility index (Phi) is 7.48. The second kappa shape index (κ2) is 10.1. The standard InChI is InChI=1S/C22H26ClFN2O4/c1-14-4-2-3-5-15(14)9-19(27)12-26-21(10-18(25-26)11-22(28)29)30-13-16-8-17(23)6-7-20(16)24/h6-8,10,14-15H,2-5,9,11-13H2,1H3,(H,28,29)/t14?,15-/m1/s1. The minimum Gasteiger partial charge on any atom is -0.481 e. The predicted octanol–water partition coefficient (Wildman–Crippen LogP) is 4.67. The SMILES string of the molecule is CC1CCCC[C@@H]1CC(=O)Cn1nc(CC(=O)O)cc1OCc1cc(Cl)ccc1F. The van der Waals surface area contributed by atoms with Gasteiger partial charge in [-0.2, -0.15) is 5.10 Å². The third-order valence-corrected chi connectivity index (χ3v) is 5.85. The minimum absolute atomic E-state index is 0.00377. The molecule has 1 aromatic carbocycles. The molecule has 1 saturated carbocycles. The highest BCUT2D eigenvalue weighted by Gasteiger charge is 2.24. The van der Waals surface area contributed by atoms with Gasteiger partial charge in [0.05, 0.1) is 12.1 Å². The molecule has 1 aromatic heterocycles. The molecule has 1 unspecified atom stereocenters. The smallest absolute Gasteiger partial charge is 0.309 e. The first-order valence-corrected chi connectivity index (χ1v) is 10.6. The maximum Gasteiger partial charge on any atom is 0.309 e. The van der Waals surface area contributed by atoms with Crippen molar-refractivity contribution < 1.29 is 23.8 Å². The van der Waals surface area contributed by atoms with Crippen molar-refractivity contribution in [1.82, 2.24) is 9.78 Å². The van der Waals surface area contributed by atoms with Crippen molar-refractivity contribution in [2.24, 2.45) is 11.8 Å². The van der Waals surface area contributed by atoms with E-state index < -0.39 is 11.8 Å². The Hall–Kier alpha value is -2.41. The topological polar surface area (TPSA) is 81.4 Å². The van der Waals surface area contributed by atoms with E-state index in [1.807, 2.05) is 0 Å². The first-order valence-electron chi connectivity index (χ1n) is 10.2. The number of aromatic nitrogens is 2. The number of carboxylic acid groups (broad SMARTS) is 1. The van der Waals surface area contributed by atoms with Crippen LogP contribution < -0.4 is 4.74 Å². The summed E-state index contributed by atoms with van der Waals surface area (Å²) in [5.41, 5.74) is 0.542. The molecule has 0 saturated heterocycles. The fourth-order valence-electron chi connectivity index (χ4n) is 3.95. The Morgan fingerprint density at radius 1 is 1.30 bits per heavy atom. The summed E-state index contributed by atoms with van der Waals surface area (Å²) in [4.78, 5) is 23.7. The van der Waals surface area contributed by atoms with Crippen molar-refractivity contribution in [3.05, 3.63) is 46.4 Å². The van der Waals surface area contributed by atoms with E-state index in [0.717, 1.165) is 19.3 Å². The van der Waals surface area contributed by atoms with Crippen LogP contribution in [0.5, 0.6) is 5.88 Å². The summed E-state index contributed by atoms with van der Waals surface area (Å²) in [6, 6.07) is 5.64. The predicted molar refractivity (Wildman–Crippen MR) is 110 cm³/mol. The van der Waals surface area contributed by atoms with Crippen molar-refractivity contribution in [1.29, 1.82) is 0 Å². The molecule has 0 spiro atoms. The molecule has 0 aliphatic heterocycles. The number of nitrogens with zero attached hydrogens (tertiary/aromatic N) is 2. The van der Waals surface area contributed by atoms with Gasteiger partial charge >= 0.3 is 5.97 Å². The third kappa shape index (κ3) is 6.05. The van der Waals surface area contributed by atoms with Crippen LogP contribution in [-0.4, -0.2) is 26.6 Å². The molecule has 0 radical (unpaired) electrons. The number of carbonyl (C=O) groups is 2. The molecule has 1 aliphatic rings. The Labute approximate surface area is 180 Å². The van der Waals surface area contributed by atoms with Crippen molar-refractivity contribution in [3.8, 4) is 5.88 Å². The zero-order valence-corrected chi connectivity index (χ0v) is 17.7. The Balaban J connectivity index is 1.71. The fourth-order valence-corrected chi connectivity index (χ4v) is 4.14. The second-order valence-electron chi connectivity index (χ2n) is 7.99. The van der Waals surface area contributed by atoms with E-state index >= 15 is 0 Å². The first kappa shape index (κ1) is 22.3. The molecule has 2 aromatic rings. The van der Waals surface area contributed by atoms with Crippen LogP contribution in [-0.2, 0) is 29.2 Å². The Morgan fingerprint density at radius 3 is 2.80 bits per heavy atom. The van der Waals surface area contributed by atoms with E-state index in [1.54, 1.807) is 0 Å². The van der Waals surface area contributed by atoms with Crippen LogP contribution >= 0.6 is 11.6 Å². The summed E-state index contributed by atoms with van der Waals surface area (Å²) in [5.74, 6) is -0.351. The van der Waals surface area contributed by atoms with Gasteiger partial charge in [-0.05, 0) is 36.5 Å². The van der Waals surface area contributed by atoms with Crippen LogP contribution in [0.1, 0.15) is 50.3 Å². The molecule has 2 atom stereocenters. The van der Waals surface area contributed by atoms with E-state index in [9.17, 15) is 14.0 Å². The lowest BCUT2D eigenvalue weighted by Gasteiger charge is -2.28. The van der Waals surface area contributed by atoms with Gasteiger partial charge < -0.3 is 9.84 Å². The van der Waals surface area contributed by atoms with E-state index in [-0.39, 0.29) is 42.5 Å². The van der Waals surface area contributed by atoms with Gasteiger partial charge in [0.1, 0.15) is 19.0 Å². The third-order valence-electron chi connectivity index (χ3n) is 5.61. The number of hydrogen-bond donors (Lipinski definition) is 1. The molecular weight excluding hydrogens is 411 g/mol. The molecular formula is C22H26ClFN2O4. The fraction of sp³-hybridized carbons (Fsp3) is 0.500. The summed E-state index contributed by atoms with van der Waals surface area (Å²) in [7, 11) is 0. The quantitative estimate of drug-likeness (QED) is 0.617. The summed E-state index contributed by atoms with van der Waals surface area (Å²) in [5, 5.41) is 13.7. The highest BCUT2D eigenvalue weighted by molar-refractivity contribution is 6.30. The molecule has 1 aliphatic carbocycles. The van der Waals surface area contributed by atoms with Crippen LogP contribution in [0.4, 0.5) is 4.39 Å². The highest BCUT2D eigenvalue weighted by Crippen LogP contribution is 2.32. The number of aliphatic carboxylic acids is 1. The van der Waals surface area contributed by atoms with Gasteiger partial charge in [-0.15, -0.1) is 0 Å². The number of rotatable bonds is 9. The van der Waals surface area contributed by atoms with Gasteiger partial charge in [0.15, 0.2) is 5.78 Å². The number of ketones is 1. The van der Waals surface area contributed by atoms with Gasteiger partial charge in [0, 0.05) is 23.1 Å². The Bertz CT molecular complexity index is 915. The number of Topliss-reactive ketones (excluding diaryl/α,β-unsaturated/α-hetero) is 1. The summed E-state index contributed by atoms with van der Waals surface area (Å²) in [6.07, 6.45) is 4.73. The van der Waals surface area contributed by atoms with Gasteiger partial charge in [-0.1, -0.05) is 37.8 Å². The second-order valence-corrected chi connectivity index (χ2v) is 8.43. The molecule has 3 rings (SSSR count). The lowest BCUT2D eigenvalue weighted by molar-refractivity contribution is -0.136. The first-order chi connectivity index (χ1) is 14.3. The maximum absolute atomic E-state index is 14.0. The summed E-state index contributed by atoms with van der Waals surface area (Å²) < 4.78 is 21.0. The van der Waals surface area contributed by atoms with Gasteiger partial charge in [0.25, 0.3) is 0 Å². The van der Waals surface area contributed by atoms with Crippen molar-refractivity contribution >= 4 is 23.4 Å². The average Bonchev–Trinajstić information content (AvgIpc) is 3.04. The van der Waals surface area contributed by atoms with Crippen molar-refractivity contribution in [2.75, 3.05) is 0 Å². The number of ether oxygens (including phenoxy) is 1. The van der Waals surface area contributed by atoms with Crippen molar-refractivity contribution in [3.63, 3.8) is 0 Å². The van der Waals surface area contributed by atoms with E-state index in [4.69, 9.17) is 21.4 Å². The average molecular weight is 437 g/mol. The zero-order valence-electron chi connectivity index (χ0n) is 16.9. The molecule has 162 valence electrons. The monoisotopic (exact) mass is 436 g/mol.